The van der Waals surface area contributed by atoms with Crippen molar-refractivity contribution in [2.45, 2.75) is 6.61 Å². The Labute approximate surface area is 132 Å². The van der Waals surface area contributed by atoms with E-state index in [0.29, 0.717) is 22.2 Å². The molecule has 1 aromatic carbocycles. The fourth-order valence-electron chi connectivity index (χ4n) is 1.97. The van der Waals surface area contributed by atoms with Crippen LogP contribution in [-0.2, 0) is 11.3 Å². The molecule has 1 N–H and O–H groups in total. The Hall–Kier alpha value is -1.64. The summed E-state index contributed by atoms with van der Waals surface area (Å²) in [4.78, 5) is 15.8. The highest BCUT2D eigenvalue weighted by Gasteiger charge is 2.22. The van der Waals surface area contributed by atoms with Crippen molar-refractivity contribution in [3.8, 4) is 22.1 Å². The van der Waals surface area contributed by atoms with Gasteiger partial charge in [0, 0.05) is 12.7 Å². The molecule has 0 radical (unpaired) electrons. The minimum Gasteiger partial charge on any atom is -0.477 e. The lowest BCUT2D eigenvalue weighted by atomic mass is 10.2. The van der Waals surface area contributed by atoms with Gasteiger partial charge in [-0.2, -0.15) is 0 Å². The lowest BCUT2D eigenvalue weighted by Crippen LogP contribution is -1.99. The molecule has 8 heteroatoms. The molecule has 21 heavy (non-hydrogen) atoms. The number of hydrogen-bond acceptors (Lipinski definition) is 6. The number of fused-ring (bicyclic) bond motifs is 1. The Bertz CT molecular complexity index is 715. The van der Waals surface area contributed by atoms with Gasteiger partial charge >= 0.3 is 5.97 Å². The minimum atomic E-state index is -1.01. The summed E-state index contributed by atoms with van der Waals surface area (Å²) < 4.78 is 16.4. The Kier molecular flexibility index (Phi) is 3.83. The van der Waals surface area contributed by atoms with Crippen LogP contribution < -0.4 is 9.47 Å². The normalized spacial score (nSPS) is 12.7. The molecule has 0 bridgehead atoms. The highest BCUT2D eigenvalue weighted by molar-refractivity contribution is 9.10. The fraction of sp³-hybridized carbons (Fsp3) is 0.231. The van der Waals surface area contributed by atoms with Gasteiger partial charge in [-0.05, 0) is 28.1 Å². The van der Waals surface area contributed by atoms with Crippen molar-refractivity contribution in [1.82, 2.24) is 4.98 Å². The molecule has 1 aromatic heterocycles. The molecule has 0 saturated carbocycles. The standard InChI is InChI=1S/C13H10BrNO5S/c1-18-4-8-11(13(16)17)21-12(15-8)6-2-7(14)10-9(3-6)19-5-20-10/h2-3H,4-5H2,1H3,(H,16,17). The van der Waals surface area contributed by atoms with E-state index in [4.69, 9.17) is 14.2 Å². The summed E-state index contributed by atoms with van der Waals surface area (Å²) in [5, 5.41) is 9.82. The van der Waals surface area contributed by atoms with E-state index in [0.717, 1.165) is 21.4 Å². The third-order valence-corrected chi connectivity index (χ3v) is 4.57. The molecular formula is C13H10BrNO5S. The predicted molar refractivity (Wildman–Crippen MR) is 79.0 cm³/mol. The van der Waals surface area contributed by atoms with E-state index in [1.54, 1.807) is 6.07 Å². The van der Waals surface area contributed by atoms with Crippen LogP contribution in [-0.4, -0.2) is 30.0 Å². The smallest absolute Gasteiger partial charge is 0.347 e. The first-order chi connectivity index (χ1) is 10.1. The molecule has 3 rings (SSSR count). The summed E-state index contributed by atoms with van der Waals surface area (Å²) >= 11 is 4.52. The number of carbonyl (C=O) groups is 1. The summed E-state index contributed by atoms with van der Waals surface area (Å²) in [5.41, 5.74) is 1.18. The molecule has 6 nitrogen and oxygen atoms in total. The lowest BCUT2D eigenvalue weighted by Gasteiger charge is -2.02. The van der Waals surface area contributed by atoms with Gasteiger partial charge < -0.3 is 19.3 Å². The van der Waals surface area contributed by atoms with Crippen molar-refractivity contribution < 1.29 is 24.1 Å². The van der Waals surface area contributed by atoms with E-state index in [1.807, 2.05) is 6.07 Å². The maximum Gasteiger partial charge on any atom is 0.347 e. The number of carboxylic acids is 1. The van der Waals surface area contributed by atoms with E-state index in [2.05, 4.69) is 20.9 Å². The molecule has 0 fully saturated rings. The quantitative estimate of drug-likeness (QED) is 0.889. The topological polar surface area (TPSA) is 77.9 Å². The van der Waals surface area contributed by atoms with Crippen molar-refractivity contribution >= 4 is 33.2 Å². The summed E-state index contributed by atoms with van der Waals surface area (Å²) in [6.07, 6.45) is 0. The molecular weight excluding hydrogens is 362 g/mol. The van der Waals surface area contributed by atoms with Gasteiger partial charge in [0.15, 0.2) is 11.5 Å². The van der Waals surface area contributed by atoms with Gasteiger partial charge in [-0.3, -0.25) is 0 Å². The Morgan fingerprint density at radius 2 is 2.33 bits per heavy atom. The molecule has 1 aliphatic heterocycles. The number of rotatable bonds is 4. The maximum absolute atomic E-state index is 11.3. The predicted octanol–water partition coefficient (Wildman–Crippen LogP) is 3.15. The Morgan fingerprint density at radius 1 is 1.52 bits per heavy atom. The van der Waals surface area contributed by atoms with Crippen LogP contribution in [0, 0.1) is 0 Å². The molecule has 0 saturated heterocycles. The first-order valence-corrected chi connectivity index (χ1v) is 7.52. The highest BCUT2D eigenvalue weighted by Crippen LogP contribution is 2.43. The minimum absolute atomic E-state index is 0.157. The van der Waals surface area contributed by atoms with E-state index in [-0.39, 0.29) is 18.3 Å². The van der Waals surface area contributed by atoms with Gasteiger partial charge in [0.05, 0.1) is 16.8 Å². The highest BCUT2D eigenvalue weighted by atomic mass is 79.9. The van der Waals surface area contributed by atoms with E-state index < -0.39 is 5.97 Å². The fourth-order valence-corrected chi connectivity index (χ4v) is 3.42. The van der Waals surface area contributed by atoms with E-state index in [1.165, 1.54) is 7.11 Å². The zero-order valence-corrected chi connectivity index (χ0v) is 13.3. The molecule has 0 amide bonds. The van der Waals surface area contributed by atoms with Crippen molar-refractivity contribution in [2.75, 3.05) is 13.9 Å². The van der Waals surface area contributed by atoms with Gasteiger partial charge in [-0.15, -0.1) is 11.3 Å². The van der Waals surface area contributed by atoms with Crippen molar-refractivity contribution in [3.05, 3.63) is 27.2 Å². The van der Waals surface area contributed by atoms with Gasteiger partial charge in [0.25, 0.3) is 0 Å². The lowest BCUT2D eigenvalue weighted by molar-refractivity contribution is 0.0697. The van der Waals surface area contributed by atoms with Crippen LogP contribution in [0.2, 0.25) is 0 Å². The Balaban J connectivity index is 2.06. The van der Waals surface area contributed by atoms with Gasteiger partial charge in [-0.1, -0.05) is 0 Å². The number of aromatic carboxylic acids is 1. The van der Waals surface area contributed by atoms with Gasteiger partial charge in [-0.25, -0.2) is 9.78 Å². The third kappa shape index (κ3) is 2.61. The van der Waals surface area contributed by atoms with Crippen LogP contribution in [0.25, 0.3) is 10.6 Å². The summed E-state index contributed by atoms with van der Waals surface area (Å²) in [6.45, 7) is 0.328. The second kappa shape index (κ2) is 5.63. The summed E-state index contributed by atoms with van der Waals surface area (Å²) in [6, 6.07) is 3.61. The van der Waals surface area contributed by atoms with Crippen LogP contribution in [0.4, 0.5) is 0 Å². The molecule has 0 aliphatic carbocycles. The summed E-state index contributed by atoms with van der Waals surface area (Å²) in [5.74, 6) is 0.247. The van der Waals surface area contributed by atoms with Crippen LogP contribution in [0.15, 0.2) is 16.6 Å². The SMILES string of the molecule is COCc1nc(-c2cc(Br)c3c(c2)OCO3)sc1C(=O)O. The molecule has 110 valence electrons. The zero-order valence-electron chi connectivity index (χ0n) is 10.9. The Morgan fingerprint density at radius 3 is 3.05 bits per heavy atom. The average molecular weight is 372 g/mol. The molecule has 0 spiro atoms. The van der Waals surface area contributed by atoms with Crippen LogP contribution in [0.1, 0.15) is 15.4 Å². The maximum atomic E-state index is 11.3. The number of nitrogens with zero attached hydrogens (tertiary/aromatic N) is 1. The number of halogens is 1. The van der Waals surface area contributed by atoms with Crippen LogP contribution in [0.3, 0.4) is 0 Å². The number of carboxylic acid groups (broad SMARTS) is 1. The number of hydrogen-bond donors (Lipinski definition) is 1. The van der Waals surface area contributed by atoms with E-state index in [9.17, 15) is 9.90 Å². The monoisotopic (exact) mass is 371 g/mol. The third-order valence-electron chi connectivity index (χ3n) is 2.85. The van der Waals surface area contributed by atoms with Crippen molar-refractivity contribution in [2.24, 2.45) is 0 Å². The van der Waals surface area contributed by atoms with Crippen LogP contribution >= 0.6 is 27.3 Å². The molecule has 0 unspecified atom stereocenters. The number of methoxy groups -OCH3 is 1. The molecule has 2 heterocycles. The average Bonchev–Trinajstić information content (AvgIpc) is 3.05. The molecule has 0 atom stereocenters. The van der Waals surface area contributed by atoms with Crippen LogP contribution in [0.5, 0.6) is 11.5 Å². The van der Waals surface area contributed by atoms with Crippen molar-refractivity contribution in [1.29, 1.82) is 0 Å². The first kappa shape index (κ1) is 14.3. The van der Waals surface area contributed by atoms with Gasteiger partial charge in [0.1, 0.15) is 9.88 Å². The van der Waals surface area contributed by atoms with Gasteiger partial charge in [0.2, 0.25) is 6.79 Å². The molecule has 1 aliphatic rings. The second-order valence-electron chi connectivity index (χ2n) is 4.22. The second-order valence-corrected chi connectivity index (χ2v) is 6.08. The number of aromatic nitrogens is 1. The largest absolute Gasteiger partial charge is 0.477 e. The number of thiazole rings is 1. The number of ether oxygens (including phenoxy) is 3. The molecule has 2 aromatic rings. The first-order valence-electron chi connectivity index (χ1n) is 5.91. The zero-order chi connectivity index (χ0) is 15.0. The van der Waals surface area contributed by atoms with Crippen molar-refractivity contribution in [3.63, 3.8) is 0 Å². The number of benzene rings is 1. The van der Waals surface area contributed by atoms with E-state index >= 15 is 0 Å². The summed E-state index contributed by atoms with van der Waals surface area (Å²) in [7, 11) is 1.50.